The van der Waals surface area contributed by atoms with Gasteiger partial charge in [-0.3, -0.25) is 4.79 Å². The van der Waals surface area contributed by atoms with Crippen LogP contribution in [-0.4, -0.2) is 12.6 Å². The van der Waals surface area contributed by atoms with E-state index >= 15 is 0 Å². The number of hydrogen-bond donors (Lipinski definition) is 0. The number of carbonyl (C=O) groups is 1. The second-order valence-corrected chi connectivity index (χ2v) is 5.50. The quantitative estimate of drug-likeness (QED) is 0.242. The van der Waals surface area contributed by atoms with Crippen LogP contribution in [0.3, 0.4) is 0 Å². The Labute approximate surface area is 126 Å². The molecule has 2 nitrogen and oxygen atoms in total. The molecule has 0 rings (SSSR count). The zero-order chi connectivity index (χ0) is 15.1. The van der Waals surface area contributed by atoms with Crippen LogP contribution in [0.4, 0.5) is 0 Å². The molecule has 2 heteroatoms. The fraction of sp³-hybridized carbons (Fsp3) is 0.833. The van der Waals surface area contributed by atoms with Crippen LogP contribution in [-0.2, 0) is 9.53 Å². The average Bonchev–Trinajstić information content (AvgIpc) is 2.43. The second kappa shape index (κ2) is 14.6. The molecule has 0 N–H and O–H groups in total. The van der Waals surface area contributed by atoms with Crippen LogP contribution in [0.1, 0.15) is 91.4 Å². The molecule has 0 atom stereocenters. The summed E-state index contributed by atoms with van der Waals surface area (Å²) in [5.41, 5.74) is 1.29. The molecule has 0 saturated heterocycles. The number of allylic oxidation sites excluding steroid dienone is 1. The fourth-order valence-corrected chi connectivity index (χ4v) is 2.32. The van der Waals surface area contributed by atoms with Crippen LogP contribution >= 0.6 is 0 Å². The fourth-order valence-electron chi connectivity index (χ4n) is 2.32. The Morgan fingerprint density at radius 2 is 1.55 bits per heavy atom. The first-order valence-electron chi connectivity index (χ1n) is 8.58. The summed E-state index contributed by atoms with van der Waals surface area (Å²) in [6, 6.07) is 0. The Hall–Kier alpha value is -0.790. The van der Waals surface area contributed by atoms with Crippen molar-refractivity contribution in [2.75, 3.05) is 6.61 Å². The molecule has 0 radical (unpaired) electrons. The van der Waals surface area contributed by atoms with Crippen molar-refractivity contribution in [1.82, 2.24) is 0 Å². The number of unbranched alkanes of at least 4 members (excludes halogenated alkanes) is 7. The lowest BCUT2D eigenvalue weighted by Gasteiger charge is -2.08. The number of ether oxygens (including phenoxy) is 1. The first-order chi connectivity index (χ1) is 9.74. The van der Waals surface area contributed by atoms with Crippen LogP contribution in [0.25, 0.3) is 0 Å². The summed E-state index contributed by atoms with van der Waals surface area (Å²) >= 11 is 0. The van der Waals surface area contributed by atoms with E-state index < -0.39 is 0 Å². The molecule has 0 aliphatic rings. The van der Waals surface area contributed by atoms with Crippen molar-refractivity contribution < 1.29 is 9.53 Å². The molecule has 0 heterocycles. The maximum absolute atomic E-state index is 11.6. The summed E-state index contributed by atoms with van der Waals surface area (Å²) in [6.45, 7) is 6.81. The highest BCUT2D eigenvalue weighted by molar-refractivity contribution is 5.72. The van der Waals surface area contributed by atoms with Crippen LogP contribution < -0.4 is 0 Å². The maximum Gasteiger partial charge on any atom is 0.309 e. The predicted octanol–water partition coefficient (Wildman–Crippen LogP) is 5.81. The van der Waals surface area contributed by atoms with Gasteiger partial charge in [-0.15, -0.1) is 0 Å². The van der Waals surface area contributed by atoms with Gasteiger partial charge in [0.05, 0.1) is 13.0 Å². The van der Waals surface area contributed by atoms with Crippen molar-refractivity contribution in [1.29, 1.82) is 0 Å². The van der Waals surface area contributed by atoms with Gasteiger partial charge in [0, 0.05) is 0 Å². The lowest BCUT2D eigenvalue weighted by Crippen LogP contribution is -2.05. The number of hydrogen-bond acceptors (Lipinski definition) is 2. The molecule has 0 bridgehead atoms. The van der Waals surface area contributed by atoms with Gasteiger partial charge >= 0.3 is 5.97 Å². The number of esters is 1. The first kappa shape index (κ1) is 19.2. The van der Waals surface area contributed by atoms with E-state index in [0.29, 0.717) is 13.0 Å². The normalized spacial score (nSPS) is 11.7. The smallest absolute Gasteiger partial charge is 0.309 e. The molecular formula is C18H34O2. The predicted molar refractivity (Wildman–Crippen MR) is 86.9 cm³/mol. The maximum atomic E-state index is 11.6. The van der Waals surface area contributed by atoms with Gasteiger partial charge in [0.1, 0.15) is 0 Å². The minimum atomic E-state index is -0.0669. The summed E-state index contributed by atoms with van der Waals surface area (Å²) in [5.74, 6) is -0.0669. The monoisotopic (exact) mass is 282 g/mol. The Morgan fingerprint density at radius 1 is 0.900 bits per heavy atom. The van der Waals surface area contributed by atoms with E-state index in [4.69, 9.17) is 4.74 Å². The lowest BCUT2D eigenvalue weighted by molar-refractivity contribution is -0.142. The lowest BCUT2D eigenvalue weighted by atomic mass is 10.0. The summed E-state index contributed by atoms with van der Waals surface area (Å²) in [4.78, 5) is 11.6. The topological polar surface area (TPSA) is 26.3 Å². The third-order valence-corrected chi connectivity index (χ3v) is 3.52. The van der Waals surface area contributed by atoms with E-state index in [1.165, 1.54) is 56.9 Å². The molecule has 0 aromatic carbocycles. The summed E-state index contributed by atoms with van der Waals surface area (Å²) in [6.07, 6.45) is 15.1. The molecule has 118 valence electrons. The largest absolute Gasteiger partial charge is 0.466 e. The standard InChI is InChI=1S/C18H34O2/c1-4-7-9-11-13-15-17(14-12-10-8-5-2)16-18(19)20-6-3/h15H,4-14,16H2,1-3H3/b17-15-. The number of carbonyl (C=O) groups excluding carboxylic acids is 1. The highest BCUT2D eigenvalue weighted by atomic mass is 16.5. The third-order valence-electron chi connectivity index (χ3n) is 3.52. The third kappa shape index (κ3) is 12.3. The minimum absolute atomic E-state index is 0.0669. The van der Waals surface area contributed by atoms with Gasteiger partial charge in [-0.05, 0) is 32.6 Å². The zero-order valence-electron chi connectivity index (χ0n) is 13.9. The average molecular weight is 282 g/mol. The van der Waals surface area contributed by atoms with Crippen LogP contribution in [0.15, 0.2) is 11.6 Å². The molecule has 20 heavy (non-hydrogen) atoms. The molecular weight excluding hydrogens is 248 g/mol. The SMILES string of the molecule is CCCCCC/C=C(/CCCCCC)CC(=O)OCC. The molecule has 0 fully saturated rings. The Balaban J connectivity index is 4.08. The minimum Gasteiger partial charge on any atom is -0.466 e. The zero-order valence-corrected chi connectivity index (χ0v) is 13.9. The Morgan fingerprint density at radius 3 is 2.15 bits per heavy atom. The Bertz CT molecular complexity index is 256. The second-order valence-electron chi connectivity index (χ2n) is 5.50. The van der Waals surface area contributed by atoms with Crippen LogP contribution in [0.5, 0.6) is 0 Å². The van der Waals surface area contributed by atoms with Crippen molar-refractivity contribution in [2.45, 2.75) is 91.4 Å². The highest BCUT2D eigenvalue weighted by Gasteiger charge is 2.06. The molecule has 0 aliphatic heterocycles. The molecule has 0 aromatic rings. The van der Waals surface area contributed by atoms with Gasteiger partial charge in [-0.1, -0.05) is 64.0 Å². The van der Waals surface area contributed by atoms with E-state index in [2.05, 4.69) is 19.9 Å². The summed E-state index contributed by atoms with van der Waals surface area (Å²) < 4.78 is 5.06. The van der Waals surface area contributed by atoms with E-state index in [1.807, 2.05) is 6.92 Å². The van der Waals surface area contributed by atoms with Crippen molar-refractivity contribution in [3.8, 4) is 0 Å². The van der Waals surface area contributed by atoms with Gasteiger partial charge in [0.2, 0.25) is 0 Å². The molecule has 0 amide bonds. The van der Waals surface area contributed by atoms with Gasteiger partial charge < -0.3 is 4.74 Å². The van der Waals surface area contributed by atoms with Gasteiger partial charge in [0.15, 0.2) is 0 Å². The molecule has 0 saturated carbocycles. The van der Waals surface area contributed by atoms with E-state index in [0.717, 1.165) is 12.8 Å². The van der Waals surface area contributed by atoms with E-state index in [-0.39, 0.29) is 5.97 Å². The summed E-state index contributed by atoms with van der Waals surface area (Å²) in [7, 11) is 0. The van der Waals surface area contributed by atoms with Gasteiger partial charge in [-0.25, -0.2) is 0 Å². The van der Waals surface area contributed by atoms with Gasteiger partial charge in [0.25, 0.3) is 0 Å². The van der Waals surface area contributed by atoms with E-state index in [1.54, 1.807) is 0 Å². The van der Waals surface area contributed by atoms with Crippen molar-refractivity contribution in [3.63, 3.8) is 0 Å². The van der Waals surface area contributed by atoms with Crippen molar-refractivity contribution >= 4 is 5.97 Å². The first-order valence-corrected chi connectivity index (χ1v) is 8.58. The van der Waals surface area contributed by atoms with Crippen molar-refractivity contribution in [2.24, 2.45) is 0 Å². The molecule has 0 aromatic heterocycles. The molecule has 0 unspecified atom stereocenters. The van der Waals surface area contributed by atoms with Crippen molar-refractivity contribution in [3.05, 3.63) is 11.6 Å². The number of rotatable bonds is 13. The van der Waals surface area contributed by atoms with Gasteiger partial charge in [-0.2, -0.15) is 0 Å². The molecule has 0 spiro atoms. The highest BCUT2D eigenvalue weighted by Crippen LogP contribution is 2.16. The molecule has 0 aliphatic carbocycles. The van der Waals surface area contributed by atoms with Crippen LogP contribution in [0, 0.1) is 0 Å². The summed E-state index contributed by atoms with van der Waals surface area (Å²) in [5, 5.41) is 0. The Kier molecular flexibility index (Phi) is 14.0. The van der Waals surface area contributed by atoms with Crippen LogP contribution in [0.2, 0.25) is 0 Å². The van der Waals surface area contributed by atoms with E-state index in [9.17, 15) is 4.79 Å².